The van der Waals surface area contributed by atoms with Gasteiger partial charge in [-0.15, -0.1) is 12.4 Å². The highest BCUT2D eigenvalue weighted by atomic mass is 35.5. The molecule has 0 heterocycles. The molecule has 1 unspecified atom stereocenters. The van der Waals surface area contributed by atoms with E-state index in [1.54, 1.807) is 19.2 Å². The Labute approximate surface area is 121 Å². The van der Waals surface area contributed by atoms with E-state index in [0.717, 1.165) is 0 Å². The maximum absolute atomic E-state index is 12.1. The van der Waals surface area contributed by atoms with Gasteiger partial charge < -0.3 is 10.6 Å². The highest BCUT2D eigenvalue weighted by molar-refractivity contribution is 7.99. The number of amides is 1. The van der Waals surface area contributed by atoms with Gasteiger partial charge in [-0.2, -0.15) is 8.78 Å². The molecule has 3 nitrogen and oxygen atoms in total. The Morgan fingerprint density at radius 1 is 1.37 bits per heavy atom. The number of alkyl halides is 2. The average Bonchev–Trinajstić information content (AvgIpc) is 2.36. The number of halogens is 3. The van der Waals surface area contributed by atoms with Gasteiger partial charge in [0.15, 0.2) is 0 Å². The highest BCUT2D eigenvalue weighted by Crippen LogP contribution is 2.25. The van der Waals surface area contributed by atoms with Gasteiger partial charge in [0, 0.05) is 30.1 Å². The molecule has 0 spiro atoms. The van der Waals surface area contributed by atoms with Crippen molar-refractivity contribution < 1.29 is 13.6 Å². The van der Waals surface area contributed by atoms with Crippen LogP contribution in [-0.2, 0) is 0 Å². The standard InChI is InChI=1S/C12H16F2N2OS.ClH/c1-8(7-15)16(2)11(17)9-3-5-10(6-4-9)18-12(13)14;/h3-6,8,12H,7,15H2,1-2H3;1H. The summed E-state index contributed by atoms with van der Waals surface area (Å²) in [4.78, 5) is 14.0. The summed E-state index contributed by atoms with van der Waals surface area (Å²) in [6.45, 7) is 2.22. The van der Waals surface area contributed by atoms with Crippen molar-refractivity contribution >= 4 is 30.1 Å². The summed E-state index contributed by atoms with van der Waals surface area (Å²) in [5.74, 6) is -2.62. The van der Waals surface area contributed by atoms with Crippen molar-refractivity contribution in [3.63, 3.8) is 0 Å². The van der Waals surface area contributed by atoms with Crippen molar-refractivity contribution in [3.8, 4) is 0 Å². The molecule has 108 valence electrons. The number of benzene rings is 1. The van der Waals surface area contributed by atoms with Crippen molar-refractivity contribution in [2.45, 2.75) is 23.6 Å². The molecule has 0 saturated heterocycles. The van der Waals surface area contributed by atoms with E-state index in [0.29, 0.717) is 28.8 Å². The monoisotopic (exact) mass is 310 g/mol. The first kappa shape index (κ1) is 18.1. The highest BCUT2D eigenvalue weighted by Gasteiger charge is 2.16. The molecule has 2 N–H and O–H groups in total. The zero-order chi connectivity index (χ0) is 13.7. The molecule has 0 fully saturated rings. The topological polar surface area (TPSA) is 46.3 Å². The van der Waals surface area contributed by atoms with Gasteiger partial charge in [-0.05, 0) is 31.2 Å². The Morgan fingerprint density at radius 3 is 2.32 bits per heavy atom. The minimum Gasteiger partial charge on any atom is -0.338 e. The summed E-state index contributed by atoms with van der Waals surface area (Å²) in [7, 11) is 1.67. The number of hydrogen-bond donors (Lipinski definition) is 1. The third-order valence-electron chi connectivity index (χ3n) is 2.65. The fourth-order valence-corrected chi connectivity index (χ4v) is 1.84. The smallest absolute Gasteiger partial charge is 0.288 e. The lowest BCUT2D eigenvalue weighted by atomic mass is 10.2. The summed E-state index contributed by atoms with van der Waals surface area (Å²) >= 11 is 0.460. The quantitative estimate of drug-likeness (QED) is 0.851. The molecular formula is C12H17ClF2N2OS. The van der Waals surface area contributed by atoms with Crippen LogP contribution in [0.2, 0.25) is 0 Å². The largest absolute Gasteiger partial charge is 0.338 e. The van der Waals surface area contributed by atoms with E-state index < -0.39 is 5.76 Å². The van der Waals surface area contributed by atoms with Crippen LogP contribution in [0.25, 0.3) is 0 Å². The predicted molar refractivity (Wildman–Crippen MR) is 76.2 cm³/mol. The lowest BCUT2D eigenvalue weighted by molar-refractivity contribution is 0.0748. The number of carbonyl (C=O) groups is 1. The molecule has 0 aliphatic carbocycles. The van der Waals surface area contributed by atoms with Crippen molar-refractivity contribution in [1.82, 2.24) is 4.90 Å². The molecule has 1 rings (SSSR count). The second-order valence-corrected chi connectivity index (χ2v) is 4.97. The van der Waals surface area contributed by atoms with Gasteiger partial charge in [-0.1, -0.05) is 11.8 Å². The van der Waals surface area contributed by atoms with Crippen LogP contribution in [0.4, 0.5) is 8.78 Å². The normalized spacial score (nSPS) is 11.9. The van der Waals surface area contributed by atoms with Gasteiger partial charge in [0.25, 0.3) is 11.7 Å². The van der Waals surface area contributed by atoms with Gasteiger partial charge in [0.05, 0.1) is 0 Å². The Morgan fingerprint density at radius 2 is 1.89 bits per heavy atom. The van der Waals surface area contributed by atoms with Crippen LogP contribution in [0.3, 0.4) is 0 Å². The molecule has 1 amide bonds. The average molecular weight is 311 g/mol. The van der Waals surface area contributed by atoms with Gasteiger partial charge in [0.1, 0.15) is 0 Å². The van der Waals surface area contributed by atoms with Crippen LogP contribution in [0.15, 0.2) is 29.2 Å². The lowest BCUT2D eigenvalue weighted by Gasteiger charge is -2.23. The second kappa shape index (κ2) is 8.35. The van der Waals surface area contributed by atoms with E-state index in [4.69, 9.17) is 5.73 Å². The van der Waals surface area contributed by atoms with E-state index >= 15 is 0 Å². The first-order valence-corrected chi connectivity index (χ1v) is 6.35. The first-order chi connectivity index (χ1) is 8.45. The zero-order valence-electron chi connectivity index (χ0n) is 10.7. The molecule has 1 aromatic carbocycles. The molecule has 0 radical (unpaired) electrons. The maximum Gasteiger partial charge on any atom is 0.288 e. The van der Waals surface area contributed by atoms with E-state index in [1.165, 1.54) is 17.0 Å². The molecule has 0 aromatic heterocycles. The summed E-state index contributed by atoms with van der Waals surface area (Å²) in [6.07, 6.45) is 0. The molecule has 0 aliphatic rings. The third-order valence-corrected chi connectivity index (χ3v) is 3.37. The van der Waals surface area contributed by atoms with Gasteiger partial charge in [-0.25, -0.2) is 0 Å². The van der Waals surface area contributed by atoms with Crippen LogP contribution in [0, 0.1) is 0 Å². The molecule has 0 bridgehead atoms. The first-order valence-electron chi connectivity index (χ1n) is 5.47. The van der Waals surface area contributed by atoms with Crippen LogP contribution in [0.5, 0.6) is 0 Å². The van der Waals surface area contributed by atoms with Crippen molar-refractivity contribution in [2.75, 3.05) is 13.6 Å². The van der Waals surface area contributed by atoms with Gasteiger partial charge in [-0.3, -0.25) is 4.79 Å². The molecule has 1 aromatic rings. The molecule has 0 saturated carbocycles. The summed E-state index contributed by atoms with van der Waals surface area (Å²) in [5, 5.41) is 0. The van der Waals surface area contributed by atoms with Crippen molar-refractivity contribution in [1.29, 1.82) is 0 Å². The van der Waals surface area contributed by atoms with E-state index in [2.05, 4.69) is 0 Å². The molecule has 7 heteroatoms. The third kappa shape index (κ3) is 5.34. The Balaban J connectivity index is 0.00000324. The van der Waals surface area contributed by atoms with Crippen molar-refractivity contribution in [3.05, 3.63) is 29.8 Å². The second-order valence-electron chi connectivity index (χ2n) is 3.90. The van der Waals surface area contributed by atoms with Crippen molar-refractivity contribution in [2.24, 2.45) is 5.73 Å². The minimum absolute atomic E-state index is 0. The maximum atomic E-state index is 12.1. The SMILES string of the molecule is CC(CN)N(C)C(=O)c1ccc(SC(F)F)cc1.Cl. The summed E-state index contributed by atoms with van der Waals surface area (Å²) in [6, 6.07) is 6.07. The number of thioether (sulfide) groups is 1. The molecule has 1 atom stereocenters. The lowest BCUT2D eigenvalue weighted by Crippen LogP contribution is -2.39. The van der Waals surface area contributed by atoms with Crippen LogP contribution < -0.4 is 5.73 Å². The Bertz CT molecular complexity index is 403. The van der Waals surface area contributed by atoms with Crippen LogP contribution >= 0.6 is 24.2 Å². The minimum atomic E-state index is -2.45. The Kier molecular flexibility index (Phi) is 7.97. The fraction of sp³-hybridized carbons (Fsp3) is 0.417. The number of nitrogens with zero attached hydrogens (tertiary/aromatic N) is 1. The zero-order valence-corrected chi connectivity index (χ0v) is 12.3. The fourth-order valence-electron chi connectivity index (χ4n) is 1.34. The molecular weight excluding hydrogens is 294 g/mol. The van der Waals surface area contributed by atoms with E-state index in [-0.39, 0.29) is 24.4 Å². The number of rotatable bonds is 5. The van der Waals surface area contributed by atoms with Gasteiger partial charge in [0.2, 0.25) is 0 Å². The summed E-state index contributed by atoms with van der Waals surface area (Å²) < 4.78 is 24.3. The van der Waals surface area contributed by atoms with E-state index in [1.807, 2.05) is 6.92 Å². The predicted octanol–water partition coefficient (Wildman–Crippen LogP) is 2.84. The van der Waals surface area contributed by atoms with Crippen LogP contribution in [-0.4, -0.2) is 36.2 Å². The number of nitrogens with two attached hydrogens (primary N) is 1. The van der Waals surface area contributed by atoms with E-state index in [9.17, 15) is 13.6 Å². The molecule has 19 heavy (non-hydrogen) atoms. The van der Waals surface area contributed by atoms with Crippen LogP contribution in [0.1, 0.15) is 17.3 Å². The number of hydrogen-bond acceptors (Lipinski definition) is 3. The van der Waals surface area contributed by atoms with Gasteiger partial charge >= 0.3 is 0 Å². The number of likely N-dealkylation sites (N-methyl/N-ethyl adjacent to an activating group) is 1. The molecule has 0 aliphatic heterocycles. The Hall–Kier alpha value is -0.850. The summed E-state index contributed by atoms with van der Waals surface area (Å²) in [5.41, 5.74) is 5.96. The number of carbonyl (C=O) groups excluding carboxylic acids is 1.